The van der Waals surface area contributed by atoms with Crippen LogP contribution in [0.1, 0.15) is 39.0 Å². The van der Waals surface area contributed by atoms with Crippen LogP contribution in [0.4, 0.5) is 0 Å². The molecule has 3 aliphatic rings. The second kappa shape index (κ2) is 3.41. The Balaban J connectivity index is 1.89. The van der Waals surface area contributed by atoms with Crippen molar-refractivity contribution in [1.82, 2.24) is 0 Å². The summed E-state index contributed by atoms with van der Waals surface area (Å²) < 4.78 is 11.5. The molecule has 1 unspecified atom stereocenters. The van der Waals surface area contributed by atoms with Crippen LogP contribution in [0, 0.1) is 5.41 Å². The smallest absolute Gasteiger partial charge is 0.172 e. The molecular formula is C13H18O3. The number of allylic oxidation sites excluding steroid dienone is 1. The van der Waals surface area contributed by atoms with Crippen LogP contribution in [0.3, 0.4) is 0 Å². The molecule has 1 saturated heterocycles. The molecule has 0 aromatic heterocycles. The van der Waals surface area contributed by atoms with Crippen LogP contribution in [0.5, 0.6) is 0 Å². The van der Waals surface area contributed by atoms with Gasteiger partial charge in [0.05, 0.1) is 13.2 Å². The first-order chi connectivity index (χ1) is 7.62. The van der Waals surface area contributed by atoms with Gasteiger partial charge >= 0.3 is 0 Å². The van der Waals surface area contributed by atoms with E-state index in [2.05, 4.69) is 6.92 Å². The maximum absolute atomic E-state index is 11.5. The van der Waals surface area contributed by atoms with Crippen molar-refractivity contribution in [3.8, 4) is 0 Å². The topological polar surface area (TPSA) is 35.5 Å². The number of hydrogen-bond acceptors (Lipinski definition) is 3. The highest BCUT2D eigenvalue weighted by Crippen LogP contribution is 2.51. The normalized spacial score (nSPS) is 37.3. The largest absolute Gasteiger partial charge is 0.347 e. The molecular weight excluding hydrogens is 204 g/mol. The highest BCUT2D eigenvalue weighted by atomic mass is 16.7. The van der Waals surface area contributed by atoms with Gasteiger partial charge in [0, 0.05) is 19.3 Å². The molecule has 2 aliphatic carbocycles. The van der Waals surface area contributed by atoms with E-state index in [1.54, 1.807) is 0 Å². The second-order valence-electron chi connectivity index (χ2n) is 5.48. The van der Waals surface area contributed by atoms with E-state index in [4.69, 9.17) is 9.47 Å². The van der Waals surface area contributed by atoms with Gasteiger partial charge in [0.15, 0.2) is 11.6 Å². The van der Waals surface area contributed by atoms with Gasteiger partial charge in [-0.15, -0.1) is 0 Å². The summed E-state index contributed by atoms with van der Waals surface area (Å²) in [6.45, 7) is 3.66. The van der Waals surface area contributed by atoms with Gasteiger partial charge in [0.25, 0.3) is 0 Å². The van der Waals surface area contributed by atoms with Gasteiger partial charge in [-0.25, -0.2) is 0 Å². The van der Waals surface area contributed by atoms with Crippen LogP contribution in [-0.4, -0.2) is 24.8 Å². The molecule has 88 valence electrons. The number of rotatable bonds is 0. The minimum Gasteiger partial charge on any atom is -0.347 e. The monoisotopic (exact) mass is 222 g/mol. The molecule has 0 bridgehead atoms. The third-order valence-electron chi connectivity index (χ3n) is 4.36. The van der Waals surface area contributed by atoms with Crippen LogP contribution in [-0.2, 0) is 14.3 Å². The fraction of sp³-hybridized carbons (Fsp3) is 0.769. The lowest BCUT2D eigenvalue weighted by molar-refractivity contribution is -0.177. The summed E-state index contributed by atoms with van der Waals surface area (Å²) in [5.41, 5.74) is 1.46. The Morgan fingerprint density at radius 3 is 2.69 bits per heavy atom. The van der Waals surface area contributed by atoms with E-state index < -0.39 is 5.79 Å². The van der Waals surface area contributed by atoms with E-state index in [1.807, 2.05) is 6.08 Å². The molecule has 1 saturated carbocycles. The molecule has 3 nitrogen and oxygen atoms in total. The third-order valence-corrected chi connectivity index (χ3v) is 4.36. The Hall–Kier alpha value is -0.670. The third kappa shape index (κ3) is 1.54. The fourth-order valence-corrected chi connectivity index (χ4v) is 3.14. The number of hydrogen-bond donors (Lipinski definition) is 0. The van der Waals surface area contributed by atoms with Crippen LogP contribution >= 0.6 is 0 Å². The second-order valence-corrected chi connectivity index (χ2v) is 5.48. The fourth-order valence-electron chi connectivity index (χ4n) is 3.14. The van der Waals surface area contributed by atoms with Crippen molar-refractivity contribution in [1.29, 1.82) is 0 Å². The van der Waals surface area contributed by atoms with Gasteiger partial charge in [-0.1, -0.05) is 12.5 Å². The number of fused-ring (bicyclic) bond motifs is 1. The standard InChI is InChI=1S/C13H18O3/c1-12-3-2-11(14)8-10(12)9-13(5-4-12)15-6-7-16-13/h8H,2-7,9H2,1H3. The summed E-state index contributed by atoms with van der Waals surface area (Å²) in [7, 11) is 0. The van der Waals surface area contributed by atoms with Crippen LogP contribution < -0.4 is 0 Å². The predicted octanol–water partition coefficient (Wildman–Crippen LogP) is 2.21. The van der Waals surface area contributed by atoms with Crippen LogP contribution in [0.15, 0.2) is 11.6 Å². The van der Waals surface area contributed by atoms with E-state index in [0.717, 1.165) is 25.7 Å². The van der Waals surface area contributed by atoms with Crippen LogP contribution in [0.2, 0.25) is 0 Å². The summed E-state index contributed by atoms with van der Waals surface area (Å²) in [6.07, 6.45) is 6.37. The minimum absolute atomic E-state index is 0.217. The van der Waals surface area contributed by atoms with Crippen molar-refractivity contribution < 1.29 is 14.3 Å². The molecule has 0 aromatic carbocycles. The van der Waals surface area contributed by atoms with Crippen LogP contribution in [0.25, 0.3) is 0 Å². The van der Waals surface area contributed by atoms with Gasteiger partial charge in [-0.3, -0.25) is 4.79 Å². The Bertz CT molecular complexity index is 352. The van der Waals surface area contributed by atoms with Gasteiger partial charge in [0.1, 0.15) is 0 Å². The molecule has 1 heterocycles. The molecule has 0 aromatic rings. The van der Waals surface area contributed by atoms with E-state index in [-0.39, 0.29) is 11.2 Å². The zero-order chi connectivity index (χ0) is 11.2. The average Bonchev–Trinajstić information content (AvgIpc) is 2.70. The molecule has 3 heteroatoms. The molecule has 3 rings (SSSR count). The first-order valence-electron chi connectivity index (χ1n) is 6.14. The van der Waals surface area contributed by atoms with Crippen molar-refractivity contribution in [2.75, 3.05) is 13.2 Å². The summed E-state index contributed by atoms with van der Waals surface area (Å²) >= 11 is 0. The molecule has 1 aliphatic heterocycles. The highest BCUT2D eigenvalue weighted by molar-refractivity contribution is 5.91. The summed E-state index contributed by atoms with van der Waals surface area (Å²) in [5, 5.41) is 0. The Kier molecular flexibility index (Phi) is 2.23. The Morgan fingerprint density at radius 1 is 1.19 bits per heavy atom. The molecule has 0 N–H and O–H groups in total. The predicted molar refractivity (Wildman–Crippen MR) is 58.9 cm³/mol. The zero-order valence-corrected chi connectivity index (χ0v) is 9.75. The maximum Gasteiger partial charge on any atom is 0.172 e. The van der Waals surface area contributed by atoms with E-state index in [1.165, 1.54) is 5.57 Å². The van der Waals surface area contributed by atoms with E-state index in [9.17, 15) is 4.79 Å². The number of ether oxygens (including phenoxy) is 2. The molecule has 16 heavy (non-hydrogen) atoms. The van der Waals surface area contributed by atoms with Crippen molar-refractivity contribution in [2.45, 2.75) is 44.8 Å². The number of carbonyl (C=O) groups excluding carboxylic acids is 1. The summed E-state index contributed by atoms with van der Waals surface area (Å²) in [6, 6.07) is 0. The lowest BCUT2D eigenvalue weighted by Gasteiger charge is -2.45. The van der Waals surface area contributed by atoms with Gasteiger partial charge < -0.3 is 9.47 Å². The molecule has 1 spiro atoms. The lowest BCUT2D eigenvalue weighted by Crippen LogP contribution is -2.42. The van der Waals surface area contributed by atoms with Crippen molar-refractivity contribution in [2.24, 2.45) is 5.41 Å². The Morgan fingerprint density at radius 2 is 1.94 bits per heavy atom. The van der Waals surface area contributed by atoms with Gasteiger partial charge in [0.2, 0.25) is 0 Å². The maximum atomic E-state index is 11.5. The molecule has 0 amide bonds. The first kappa shape index (κ1) is 10.5. The van der Waals surface area contributed by atoms with E-state index in [0.29, 0.717) is 19.6 Å². The van der Waals surface area contributed by atoms with Gasteiger partial charge in [-0.05, 0) is 24.3 Å². The molecule has 1 atom stereocenters. The minimum atomic E-state index is -0.400. The average molecular weight is 222 g/mol. The Labute approximate surface area is 95.8 Å². The zero-order valence-electron chi connectivity index (χ0n) is 9.75. The highest BCUT2D eigenvalue weighted by Gasteiger charge is 2.48. The van der Waals surface area contributed by atoms with E-state index >= 15 is 0 Å². The van der Waals surface area contributed by atoms with Crippen molar-refractivity contribution in [3.05, 3.63) is 11.6 Å². The lowest BCUT2D eigenvalue weighted by atomic mass is 9.64. The number of ketones is 1. The molecule has 2 fully saturated rings. The van der Waals surface area contributed by atoms with Crippen molar-refractivity contribution in [3.63, 3.8) is 0 Å². The first-order valence-corrected chi connectivity index (χ1v) is 6.14. The van der Waals surface area contributed by atoms with Gasteiger partial charge in [-0.2, -0.15) is 0 Å². The number of carbonyl (C=O) groups is 1. The SMILES string of the molecule is CC12CCC(=O)C=C1CC1(CC2)OCCO1. The summed E-state index contributed by atoms with van der Waals surface area (Å²) in [5.74, 6) is -0.134. The summed E-state index contributed by atoms with van der Waals surface area (Å²) in [4.78, 5) is 11.5. The van der Waals surface area contributed by atoms with Crippen molar-refractivity contribution >= 4 is 5.78 Å². The quantitative estimate of drug-likeness (QED) is 0.630. The molecule has 0 radical (unpaired) electrons.